The quantitative estimate of drug-likeness (QED) is 0.780. The van der Waals surface area contributed by atoms with Crippen molar-refractivity contribution in [3.8, 4) is 5.88 Å². The number of nitrogen functional groups attached to an aromatic ring is 1. The zero-order valence-electron chi connectivity index (χ0n) is 8.67. The molecule has 0 unspecified atom stereocenters. The third-order valence-corrected chi connectivity index (χ3v) is 2.69. The van der Waals surface area contributed by atoms with Gasteiger partial charge in [0.25, 0.3) is 0 Å². The van der Waals surface area contributed by atoms with Crippen molar-refractivity contribution in [1.29, 1.82) is 0 Å². The lowest BCUT2D eigenvalue weighted by molar-refractivity contribution is 0.327. The van der Waals surface area contributed by atoms with E-state index < -0.39 is 0 Å². The van der Waals surface area contributed by atoms with E-state index in [-0.39, 0.29) is 0 Å². The van der Waals surface area contributed by atoms with Crippen molar-refractivity contribution in [2.24, 2.45) is 0 Å². The number of aromatic nitrogens is 4. The van der Waals surface area contributed by atoms with Gasteiger partial charge in [-0.3, -0.25) is 0 Å². The molecule has 2 rings (SSSR count). The van der Waals surface area contributed by atoms with Crippen LogP contribution in [0.2, 0.25) is 0 Å². The van der Waals surface area contributed by atoms with E-state index in [1.54, 1.807) is 12.4 Å². The van der Waals surface area contributed by atoms with Crippen LogP contribution in [0.25, 0.3) is 0 Å². The van der Waals surface area contributed by atoms with E-state index in [2.05, 4.69) is 19.9 Å². The Hall–Kier alpha value is -1.76. The molecule has 16 heavy (non-hydrogen) atoms. The van der Waals surface area contributed by atoms with Gasteiger partial charge in [-0.15, -0.1) is 0 Å². The molecule has 84 valence electrons. The number of hydrogen-bond acceptors (Lipinski definition) is 6. The van der Waals surface area contributed by atoms with Crippen LogP contribution >= 0.6 is 11.8 Å². The molecule has 2 heterocycles. The van der Waals surface area contributed by atoms with Crippen molar-refractivity contribution < 1.29 is 4.74 Å². The normalized spacial score (nSPS) is 10.3. The van der Waals surface area contributed by atoms with Gasteiger partial charge in [0.05, 0.1) is 6.61 Å². The minimum Gasteiger partial charge on any atom is -0.476 e. The SMILES string of the molecule is CCOc1ncnc(Sc2ncc[nH]2)c1N. The van der Waals surface area contributed by atoms with Crippen molar-refractivity contribution in [3.05, 3.63) is 18.7 Å². The van der Waals surface area contributed by atoms with E-state index in [1.807, 2.05) is 6.92 Å². The first-order valence-electron chi connectivity index (χ1n) is 4.71. The number of hydrogen-bond donors (Lipinski definition) is 2. The van der Waals surface area contributed by atoms with E-state index >= 15 is 0 Å². The molecule has 3 N–H and O–H groups in total. The van der Waals surface area contributed by atoms with E-state index in [4.69, 9.17) is 10.5 Å². The number of anilines is 1. The maximum Gasteiger partial charge on any atom is 0.241 e. The average molecular weight is 237 g/mol. The number of H-pyrrole nitrogens is 1. The molecular weight excluding hydrogens is 226 g/mol. The number of nitrogens with two attached hydrogens (primary N) is 1. The van der Waals surface area contributed by atoms with Crippen LogP contribution < -0.4 is 10.5 Å². The second-order valence-corrected chi connectivity index (χ2v) is 3.80. The third kappa shape index (κ3) is 2.25. The fraction of sp³-hybridized carbons (Fsp3) is 0.222. The molecule has 0 saturated heterocycles. The Labute approximate surface area is 96.7 Å². The molecule has 0 bridgehead atoms. The van der Waals surface area contributed by atoms with Crippen LogP contribution in [0, 0.1) is 0 Å². The third-order valence-electron chi connectivity index (χ3n) is 1.76. The molecule has 0 saturated carbocycles. The van der Waals surface area contributed by atoms with Crippen molar-refractivity contribution in [2.45, 2.75) is 17.1 Å². The average Bonchev–Trinajstić information content (AvgIpc) is 2.77. The molecule has 0 atom stereocenters. The van der Waals surface area contributed by atoms with Gasteiger partial charge in [0.15, 0.2) is 5.16 Å². The Balaban J connectivity index is 2.24. The van der Waals surface area contributed by atoms with Crippen LogP contribution in [-0.2, 0) is 0 Å². The number of nitrogens with zero attached hydrogens (tertiary/aromatic N) is 3. The molecule has 0 fully saturated rings. The van der Waals surface area contributed by atoms with Crippen LogP contribution in [-0.4, -0.2) is 26.5 Å². The van der Waals surface area contributed by atoms with Gasteiger partial charge in [0.2, 0.25) is 5.88 Å². The number of nitrogens with one attached hydrogen (secondary N) is 1. The van der Waals surface area contributed by atoms with Gasteiger partial charge < -0.3 is 15.5 Å². The van der Waals surface area contributed by atoms with E-state index in [0.29, 0.717) is 23.2 Å². The summed E-state index contributed by atoms with van der Waals surface area (Å²) in [7, 11) is 0. The summed E-state index contributed by atoms with van der Waals surface area (Å²) in [5.74, 6) is 0.409. The lowest BCUT2D eigenvalue weighted by Crippen LogP contribution is -2.02. The van der Waals surface area contributed by atoms with Crippen molar-refractivity contribution in [2.75, 3.05) is 12.3 Å². The number of imidazole rings is 1. The van der Waals surface area contributed by atoms with Gasteiger partial charge in [-0.2, -0.15) is 4.98 Å². The van der Waals surface area contributed by atoms with Crippen molar-refractivity contribution in [1.82, 2.24) is 19.9 Å². The molecule has 6 nitrogen and oxygen atoms in total. The highest BCUT2D eigenvalue weighted by molar-refractivity contribution is 7.99. The Morgan fingerprint density at radius 3 is 3.00 bits per heavy atom. The summed E-state index contributed by atoms with van der Waals surface area (Å²) in [4.78, 5) is 15.1. The minimum absolute atomic E-state index is 0.409. The predicted octanol–water partition coefficient (Wildman–Crippen LogP) is 1.33. The fourth-order valence-electron chi connectivity index (χ4n) is 1.10. The molecule has 0 spiro atoms. The molecule has 2 aromatic rings. The Morgan fingerprint density at radius 2 is 2.31 bits per heavy atom. The standard InChI is InChI=1S/C9H11N5OS/c1-2-15-7-6(10)8(14-5-13-7)16-9-11-3-4-12-9/h3-5H,2,10H2,1H3,(H,11,12). The lowest BCUT2D eigenvalue weighted by Gasteiger charge is -2.07. The number of aromatic amines is 1. The maximum absolute atomic E-state index is 5.87. The zero-order valence-corrected chi connectivity index (χ0v) is 9.49. The largest absolute Gasteiger partial charge is 0.476 e. The first-order chi connectivity index (χ1) is 7.81. The summed E-state index contributed by atoms with van der Waals surface area (Å²) in [5, 5.41) is 1.36. The van der Waals surface area contributed by atoms with Crippen LogP contribution in [0.1, 0.15) is 6.92 Å². The second kappa shape index (κ2) is 4.84. The van der Waals surface area contributed by atoms with Crippen LogP contribution in [0.4, 0.5) is 5.69 Å². The molecular formula is C9H11N5OS. The summed E-state index contributed by atoms with van der Waals surface area (Å²) in [6.45, 7) is 2.40. The van der Waals surface area contributed by atoms with Gasteiger partial charge in [0.1, 0.15) is 17.0 Å². The molecule has 0 radical (unpaired) electrons. The fourth-order valence-corrected chi connectivity index (χ4v) is 1.82. The van der Waals surface area contributed by atoms with Gasteiger partial charge in [-0.1, -0.05) is 0 Å². The second-order valence-electron chi connectivity index (χ2n) is 2.83. The number of rotatable bonds is 4. The highest BCUT2D eigenvalue weighted by Crippen LogP contribution is 2.31. The lowest BCUT2D eigenvalue weighted by atomic mass is 10.5. The van der Waals surface area contributed by atoms with Crippen molar-refractivity contribution >= 4 is 17.4 Å². The van der Waals surface area contributed by atoms with E-state index in [0.717, 1.165) is 5.16 Å². The summed E-state index contributed by atoms with van der Waals surface area (Å²) in [6.07, 6.45) is 4.83. The van der Waals surface area contributed by atoms with Gasteiger partial charge in [0, 0.05) is 12.4 Å². The molecule has 0 amide bonds. The molecule has 0 aromatic carbocycles. The minimum atomic E-state index is 0.409. The first-order valence-corrected chi connectivity index (χ1v) is 5.53. The Bertz CT molecular complexity index is 459. The van der Waals surface area contributed by atoms with Gasteiger partial charge in [-0.05, 0) is 18.7 Å². The first kappa shape index (κ1) is 10.7. The topological polar surface area (TPSA) is 89.7 Å². The summed E-state index contributed by atoms with van der Waals surface area (Å²) >= 11 is 1.34. The van der Waals surface area contributed by atoms with Crippen LogP contribution in [0.5, 0.6) is 5.88 Å². The molecule has 0 aliphatic rings. The summed E-state index contributed by atoms with van der Waals surface area (Å²) in [6, 6.07) is 0. The van der Waals surface area contributed by atoms with Gasteiger partial charge >= 0.3 is 0 Å². The molecule has 0 aliphatic heterocycles. The summed E-state index contributed by atoms with van der Waals surface area (Å²) in [5.41, 5.74) is 6.31. The van der Waals surface area contributed by atoms with Crippen LogP contribution in [0.15, 0.2) is 28.9 Å². The highest BCUT2D eigenvalue weighted by Gasteiger charge is 2.11. The maximum atomic E-state index is 5.87. The molecule has 7 heteroatoms. The monoisotopic (exact) mass is 237 g/mol. The van der Waals surface area contributed by atoms with Crippen LogP contribution in [0.3, 0.4) is 0 Å². The van der Waals surface area contributed by atoms with Gasteiger partial charge in [-0.25, -0.2) is 9.97 Å². The predicted molar refractivity (Wildman–Crippen MR) is 60.3 cm³/mol. The van der Waals surface area contributed by atoms with Crippen molar-refractivity contribution in [3.63, 3.8) is 0 Å². The van der Waals surface area contributed by atoms with E-state index in [1.165, 1.54) is 18.1 Å². The molecule has 0 aliphatic carbocycles. The Kier molecular flexibility index (Phi) is 3.25. The number of ether oxygens (including phenoxy) is 1. The molecule has 2 aromatic heterocycles. The zero-order chi connectivity index (χ0) is 11.4. The summed E-state index contributed by atoms with van der Waals surface area (Å²) < 4.78 is 5.28. The smallest absolute Gasteiger partial charge is 0.241 e. The van der Waals surface area contributed by atoms with E-state index in [9.17, 15) is 0 Å². The Morgan fingerprint density at radius 1 is 1.44 bits per heavy atom. The highest BCUT2D eigenvalue weighted by atomic mass is 32.2.